The maximum atomic E-state index is 12.0. The molecule has 16 heavy (non-hydrogen) atoms. The fourth-order valence-corrected chi connectivity index (χ4v) is 2.65. The molecule has 0 aromatic heterocycles. The summed E-state index contributed by atoms with van der Waals surface area (Å²) in [6.07, 6.45) is 1.07. The van der Waals surface area contributed by atoms with Crippen LogP contribution < -0.4 is 10.6 Å². The Morgan fingerprint density at radius 3 is 2.88 bits per heavy atom. The number of piperidine rings is 1. The molecule has 3 nitrogen and oxygen atoms in total. The summed E-state index contributed by atoms with van der Waals surface area (Å²) in [4.78, 5) is 12.0. The normalized spacial score (nSPS) is 30.9. The van der Waals surface area contributed by atoms with Crippen molar-refractivity contribution in [2.45, 2.75) is 13.0 Å². The molecule has 2 aliphatic rings. The van der Waals surface area contributed by atoms with Gasteiger partial charge in [0.2, 0.25) is 5.91 Å². The Labute approximate surface area is 95.2 Å². The lowest BCUT2D eigenvalue weighted by Gasteiger charge is -2.12. The molecule has 0 spiro atoms. The van der Waals surface area contributed by atoms with Crippen LogP contribution in [0, 0.1) is 11.3 Å². The highest BCUT2D eigenvalue weighted by atomic mass is 16.2. The molecule has 1 saturated carbocycles. The summed E-state index contributed by atoms with van der Waals surface area (Å²) in [5.41, 5.74) is 1.10. The molecule has 2 N–H and O–H groups in total. The van der Waals surface area contributed by atoms with Crippen molar-refractivity contribution >= 4 is 5.91 Å². The van der Waals surface area contributed by atoms with Gasteiger partial charge in [0.15, 0.2) is 0 Å². The maximum Gasteiger partial charge on any atom is 0.228 e. The van der Waals surface area contributed by atoms with Gasteiger partial charge in [-0.25, -0.2) is 0 Å². The number of hydrogen-bond acceptors (Lipinski definition) is 2. The zero-order valence-corrected chi connectivity index (χ0v) is 9.20. The zero-order valence-electron chi connectivity index (χ0n) is 9.20. The van der Waals surface area contributed by atoms with E-state index in [4.69, 9.17) is 0 Å². The third-order valence-corrected chi connectivity index (χ3v) is 3.81. The number of hydrogen-bond donors (Lipinski definition) is 2. The quantitative estimate of drug-likeness (QED) is 0.788. The smallest absolute Gasteiger partial charge is 0.228 e. The SMILES string of the molecule is O=C(NCc1ccccc1)C12CNCC1C2. The highest BCUT2D eigenvalue weighted by molar-refractivity contribution is 5.86. The van der Waals surface area contributed by atoms with Crippen molar-refractivity contribution < 1.29 is 4.79 Å². The highest BCUT2D eigenvalue weighted by Gasteiger charge is 2.62. The van der Waals surface area contributed by atoms with Crippen LogP contribution in [0.15, 0.2) is 30.3 Å². The fourth-order valence-electron chi connectivity index (χ4n) is 2.65. The average molecular weight is 216 g/mol. The van der Waals surface area contributed by atoms with Crippen molar-refractivity contribution in [3.63, 3.8) is 0 Å². The molecule has 1 aliphatic heterocycles. The molecular weight excluding hydrogens is 200 g/mol. The third kappa shape index (κ3) is 1.52. The van der Waals surface area contributed by atoms with Crippen molar-refractivity contribution in [2.24, 2.45) is 11.3 Å². The third-order valence-electron chi connectivity index (χ3n) is 3.81. The Morgan fingerprint density at radius 2 is 2.25 bits per heavy atom. The van der Waals surface area contributed by atoms with E-state index in [9.17, 15) is 4.79 Å². The first-order chi connectivity index (χ1) is 7.81. The van der Waals surface area contributed by atoms with Crippen molar-refractivity contribution in [3.8, 4) is 0 Å². The Kier molecular flexibility index (Phi) is 2.21. The van der Waals surface area contributed by atoms with Crippen LogP contribution in [0.2, 0.25) is 0 Å². The standard InChI is InChI=1S/C13H16N2O/c16-12(13-6-11(13)8-14-9-13)15-7-10-4-2-1-3-5-10/h1-5,11,14H,6-9H2,(H,15,16). The molecule has 1 heterocycles. The lowest BCUT2D eigenvalue weighted by molar-refractivity contribution is -0.126. The highest BCUT2D eigenvalue weighted by Crippen LogP contribution is 2.54. The summed E-state index contributed by atoms with van der Waals surface area (Å²) in [5.74, 6) is 0.814. The van der Waals surface area contributed by atoms with E-state index in [-0.39, 0.29) is 11.3 Å². The summed E-state index contributed by atoms with van der Waals surface area (Å²) < 4.78 is 0. The van der Waals surface area contributed by atoms with Gasteiger partial charge in [0.25, 0.3) is 0 Å². The molecule has 1 aromatic carbocycles. The Balaban J connectivity index is 1.58. The number of carbonyl (C=O) groups is 1. The van der Waals surface area contributed by atoms with E-state index in [1.54, 1.807) is 0 Å². The molecule has 1 amide bonds. The van der Waals surface area contributed by atoms with Gasteiger partial charge in [0.1, 0.15) is 0 Å². The monoisotopic (exact) mass is 216 g/mol. The second-order valence-electron chi connectivity index (χ2n) is 4.86. The molecule has 2 unspecified atom stereocenters. The minimum absolute atomic E-state index is 0.0607. The molecule has 0 radical (unpaired) electrons. The largest absolute Gasteiger partial charge is 0.351 e. The van der Waals surface area contributed by atoms with Crippen molar-refractivity contribution in [1.29, 1.82) is 0 Å². The minimum Gasteiger partial charge on any atom is -0.351 e. The van der Waals surface area contributed by atoms with Gasteiger partial charge in [-0.3, -0.25) is 4.79 Å². The van der Waals surface area contributed by atoms with E-state index < -0.39 is 0 Å². The maximum absolute atomic E-state index is 12.0. The first kappa shape index (κ1) is 9.85. The van der Waals surface area contributed by atoms with E-state index >= 15 is 0 Å². The van der Waals surface area contributed by atoms with Crippen LogP contribution in [0.4, 0.5) is 0 Å². The van der Waals surface area contributed by atoms with Crippen LogP contribution in [-0.4, -0.2) is 19.0 Å². The van der Waals surface area contributed by atoms with E-state index in [0.717, 1.165) is 25.1 Å². The molecule has 3 heteroatoms. The van der Waals surface area contributed by atoms with E-state index in [2.05, 4.69) is 10.6 Å². The molecule has 1 aromatic rings. The van der Waals surface area contributed by atoms with E-state index in [1.807, 2.05) is 30.3 Å². The van der Waals surface area contributed by atoms with Crippen molar-refractivity contribution in [2.75, 3.05) is 13.1 Å². The fraction of sp³-hybridized carbons (Fsp3) is 0.462. The van der Waals surface area contributed by atoms with E-state index in [0.29, 0.717) is 12.5 Å². The second-order valence-corrected chi connectivity index (χ2v) is 4.86. The van der Waals surface area contributed by atoms with Crippen LogP contribution in [0.5, 0.6) is 0 Å². The van der Waals surface area contributed by atoms with Crippen molar-refractivity contribution in [1.82, 2.24) is 10.6 Å². The Bertz CT molecular complexity index is 404. The Hall–Kier alpha value is -1.35. The van der Waals surface area contributed by atoms with Gasteiger partial charge in [-0.2, -0.15) is 0 Å². The lowest BCUT2D eigenvalue weighted by Crippen LogP contribution is -2.35. The van der Waals surface area contributed by atoms with Crippen LogP contribution in [0.1, 0.15) is 12.0 Å². The summed E-state index contributed by atoms with van der Waals surface area (Å²) >= 11 is 0. The Morgan fingerprint density at radius 1 is 1.44 bits per heavy atom. The molecule has 1 saturated heterocycles. The van der Waals surface area contributed by atoms with Crippen LogP contribution in [0.3, 0.4) is 0 Å². The zero-order chi connectivity index (χ0) is 11.0. The van der Waals surface area contributed by atoms with Crippen molar-refractivity contribution in [3.05, 3.63) is 35.9 Å². The van der Waals surface area contributed by atoms with Gasteiger partial charge in [-0.15, -0.1) is 0 Å². The van der Waals surface area contributed by atoms with Crippen LogP contribution >= 0.6 is 0 Å². The molecular formula is C13H16N2O. The van der Waals surface area contributed by atoms with Crippen LogP contribution in [-0.2, 0) is 11.3 Å². The number of amides is 1. The molecule has 2 fully saturated rings. The van der Waals surface area contributed by atoms with Gasteiger partial charge < -0.3 is 10.6 Å². The van der Waals surface area contributed by atoms with Gasteiger partial charge in [0, 0.05) is 13.1 Å². The minimum atomic E-state index is -0.0607. The number of carbonyl (C=O) groups excluding carboxylic acids is 1. The number of benzene rings is 1. The van der Waals surface area contributed by atoms with Gasteiger partial charge in [-0.05, 0) is 24.4 Å². The lowest BCUT2D eigenvalue weighted by atomic mass is 10.1. The predicted octanol–water partition coefficient (Wildman–Crippen LogP) is 0.912. The van der Waals surface area contributed by atoms with Gasteiger partial charge >= 0.3 is 0 Å². The molecule has 1 aliphatic carbocycles. The molecule has 2 atom stereocenters. The molecule has 84 valence electrons. The number of fused-ring (bicyclic) bond motifs is 1. The van der Waals surface area contributed by atoms with Gasteiger partial charge in [-0.1, -0.05) is 30.3 Å². The first-order valence-electron chi connectivity index (χ1n) is 5.84. The summed E-state index contributed by atoms with van der Waals surface area (Å²) in [6, 6.07) is 10.1. The average Bonchev–Trinajstić information content (AvgIpc) is 2.90. The summed E-state index contributed by atoms with van der Waals surface area (Å²) in [7, 11) is 0. The first-order valence-corrected chi connectivity index (χ1v) is 5.84. The van der Waals surface area contributed by atoms with Gasteiger partial charge in [0.05, 0.1) is 5.41 Å². The predicted molar refractivity (Wildman–Crippen MR) is 61.7 cm³/mol. The number of rotatable bonds is 3. The summed E-state index contributed by atoms with van der Waals surface area (Å²) in [5, 5.41) is 6.32. The molecule has 0 bridgehead atoms. The summed E-state index contributed by atoms with van der Waals surface area (Å²) in [6.45, 7) is 2.52. The second kappa shape index (κ2) is 3.59. The number of nitrogens with one attached hydrogen (secondary N) is 2. The van der Waals surface area contributed by atoms with Crippen LogP contribution in [0.25, 0.3) is 0 Å². The molecule has 3 rings (SSSR count). The topological polar surface area (TPSA) is 41.1 Å². The van der Waals surface area contributed by atoms with E-state index in [1.165, 1.54) is 0 Å².